The topological polar surface area (TPSA) is 68.8 Å². The predicted molar refractivity (Wildman–Crippen MR) is 129 cm³/mol. The lowest BCUT2D eigenvalue weighted by Crippen LogP contribution is -2.51. The average Bonchev–Trinajstić information content (AvgIpc) is 2.67. The molecule has 6 nitrogen and oxygen atoms in total. The van der Waals surface area contributed by atoms with E-state index in [2.05, 4.69) is 25.8 Å². The maximum Gasteiger partial charge on any atom is 0.227 e. The normalized spacial score (nSPS) is 17.3. The Bertz CT molecular complexity index is 683. The van der Waals surface area contributed by atoms with Crippen LogP contribution in [0, 0.1) is 11.2 Å². The summed E-state index contributed by atoms with van der Waals surface area (Å²) in [5.74, 6) is 0.505. The van der Waals surface area contributed by atoms with Crippen molar-refractivity contribution in [2.75, 3.05) is 37.6 Å². The fraction of sp³-hybridized carbons (Fsp3) is 0.619. The Kier molecular flexibility index (Phi) is 10.7. The summed E-state index contributed by atoms with van der Waals surface area (Å²) in [6.07, 6.45) is 2.05. The summed E-state index contributed by atoms with van der Waals surface area (Å²) in [5, 5.41) is 9.62. The van der Waals surface area contributed by atoms with Crippen molar-refractivity contribution in [3.8, 4) is 0 Å². The second kappa shape index (κ2) is 12.2. The average molecular weight is 519 g/mol. The number of nitrogens with one attached hydrogen (secondary N) is 3. The van der Waals surface area contributed by atoms with Gasteiger partial charge in [0.1, 0.15) is 5.82 Å². The molecule has 1 aromatic carbocycles. The van der Waals surface area contributed by atoms with E-state index in [9.17, 15) is 9.18 Å². The molecule has 164 valence electrons. The van der Waals surface area contributed by atoms with Gasteiger partial charge in [0, 0.05) is 37.9 Å². The number of nitrogens with zero attached hydrogens (tertiary/aromatic N) is 2. The van der Waals surface area contributed by atoms with Gasteiger partial charge in [0.2, 0.25) is 5.91 Å². The van der Waals surface area contributed by atoms with E-state index < -0.39 is 5.41 Å². The van der Waals surface area contributed by atoms with Crippen LogP contribution in [-0.4, -0.2) is 50.6 Å². The van der Waals surface area contributed by atoms with Gasteiger partial charge in [0.25, 0.3) is 0 Å². The lowest BCUT2D eigenvalue weighted by atomic mass is 9.92. The molecule has 0 radical (unpaired) electrons. The Balaban J connectivity index is 0.00000420. The van der Waals surface area contributed by atoms with Gasteiger partial charge in [-0.05, 0) is 58.7 Å². The molecule has 1 aliphatic rings. The van der Waals surface area contributed by atoms with Gasteiger partial charge in [-0.15, -0.1) is 24.0 Å². The van der Waals surface area contributed by atoms with Crippen molar-refractivity contribution in [3.05, 3.63) is 30.1 Å². The number of guanidine groups is 1. The van der Waals surface area contributed by atoms with Gasteiger partial charge in [0.05, 0.1) is 12.0 Å². The summed E-state index contributed by atoms with van der Waals surface area (Å²) >= 11 is 0. The molecule has 29 heavy (non-hydrogen) atoms. The highest BCUT2D eigenvalue weighted by molar-refractivity contribution is 14.0. The van der Waals surface area contributed by atoms with E-state index in [0.717, 1.165) is 38.2 Å². The first-order chi connectivity index (χ1) is 13.4. The zero-order valence-corrected chi connectivity index (χ0v) is 20.3. The highest BCUT2D eigenvalue weighted by Gasteiger charge is 2.27. The van der Waals surface area contributed by atoms with E-state index in [0.29, 0.717) is 19.0 Å². The van der Waals surface area contributed by atoms with Crippen LogP contribution in [0.2, 0.25) is 0 Å². The molecule has 1 atom stereocenters. The van der Waals surface area contributed by atoms with Gasteiger partial charge in [-0.25, -0.2) is 4.39 Å². The van der Waals surface area contributed by atoms with Crippen molar-refractivity contribution in [1.29, 1.82) is 0 Å². The monoisotopic (exact) mass is 519 g/mol. The fourth-order valence-corrected chi connectivity index (χ4v) is 3.26. The third kappa shape index (κ3) is 7.98. The van der Waals surface area contributed by atoms with Gasteiger partial charge in [-0.1, -0.05) is 6.07 Å². The molecule has 0 aliphatic carbocycles. The number of anilines is 1. The molecule has 1 amide bonds. The highest BCUT2D eigenvalue weighted by atomic mass is 127. The maximum atomic E-state index is 13.6. The van der Waals surface area contributed by atoms with E-state index >= 15 is 0 Å². The van der Waals surface area contributed by atoms with Crippen LogP contribution in [0.1, 0.15) is 40.5 Å². The molecule has 3 N–H and O–H groups in total. The Labute approximate surface area is 191 Å². The number of hydrogen-bond donors (Lipinski definition) is 3. The van der Waals surface area contributed by atoms with Crippen LogP contribution in [0.15, 0.2) is 29.3 Å². The van der Waals surface area contributed by atoms with E-state index in [4.69, 9.17) is 0 Å². The molecular weight excluding hydrogens is 484 g/mol. The maximum absolute atomic E-state index is 13.6. The number of aliphatic imine (C=N–C) groups is 1. The number of halogens is 2. The van der Waals surface area contributed by atoms with Crippen LogP contribution < -0.4 is 20.9 Å². The Morgan fingerprint density at radius 1 is 1.28 bits per heavy atom. The van der Waals surface area contributed by atoms with Crippen molar-refractivity contribution in [2.24, 2.45) is 10.4 Å². The summed E-state index contributed by atoms with van der Waals surface area (Å²) in [5.41, 5.74) is 0.337. The Hall–Kier alpha value is -1.58. The lowest BCUT2D eigenvalue weighted by molar-refractivity contribution is -0.128. The third-order valence-corrected chi connectivity index (χ3v) is 4.86. The van der Waals surface area contributed by atoms with Crippen LogP contribution in [0.25, 0.3) is 0 Å². The van der Waals surface area contributed by atoms with Gasteiger partial charge >= 0.3 is 0 Å². The molecule has 1 unspecified atom stereocenters. The van der Waals surface area contributed by atoms with E-state index in [1.807, 2.05) is 33.8 Å². The number of amides is 1. The second-order valence-corrected chi connectivity index (χ2v) is 7.85. The summed E-state index contributed by atoms with van der Waals surface area (Å²) in [7, 11) is 0. The van der Waals surface area contributed by atoms with Gasteiger partial charge < -0.3 is 20.9 Å². The fourth-order valence-electron chi connectivity index (χ4n) is 3.26. The molecule has 0 bridgehead atoms. The molecule has 1 aromatic rings. The van der Waals surface area contributed by atoms with Gasteiger partial charge in [-0.3, -0.25) is 9.79 Å². The molecule has 1 fully saturated rings. The second-order valence-electron chi connectivity index (χ2n) is 7.85. The largest absolute Gasteiger partial charge is 0.369 e. The number of carbonyl (C=O) groups excluding carboxylic acids is 1. The molecule has 2 rings (SSSR count). The first kappa shape index (κ1) is 25.5. The smallest absolute Gasteiger partial charge is 0.227 e. The first-order valence-electron chi connectivity index (χ1n) is 10.2. The Morgan fingerprint density at radius 3 is 2.66 bits per heavy atom. The third-order valence-electron chi connectivity index (χ3n) is 4.86. The van der Waals surface area contributed by atoms with Crippen molar-refractivity contribution < 1.29 is 9.18 Å². The number of hydrogen-bond acceptors (Lipinski definition) is 3. The molecule has 0 aromatic heterocycles. The summed E-state index contributed by atoms with van der Waals surface area (Å²) in [4.78, 5) is 19.0. The van der Waals surface area contributed by atoms with E-state index in [-0.39, 0.29) is 41.7 Å². The standard InChI is InChI=1S/C21H34FN5O.HI/c1-5-23-19(28)21(3,4)15-25-20(24-6-2)26-17-10-8-12-27(14-17)18-11-7-9-16(22)13-18;/h7,9,11,13,17H,5-6,8,10,12,14-15H2,1-4H3,(H,23,28)(H2,24,25,26);1H. The van der Waals surface area contributed by atoms with E-state index in [1.54, 1.807) is 12.1 Å². The highest BCUT2D eigenvalue weighted by Crippen LogP contribution is 2.21. The van der Waals surface area contributed by atoms with Crippen LogP contribution in [-0.2, 0) is 4.79 Å². The number of piperidine rings is 1. The molecule has 0 saturated carbocycles. The minimum atomic E-state index is -0.571. The van der Waals surface area contributed by atoms with Crippen LogP contribution in [0.4, 0.5) is 10.1 Å². The van der Waals surface area contributed by atoms with Crippen LogP contribution >= 0.6 is 24.0 Å². The number of rotatable bonds is 7. The van der Waals surface area contributed by atoms with E-state index in [1.165, 1.54) is 6.07 Å². The zero-order chi connectivity index (χ0) is 20.6. The molecule has 8 heteroatoms. The number of benzene rings is 1. The molecule has 1 saturated heterocycles. The molecule has 0 spiro atoms. The predicted octanol–water partition coefficient (Wildman–Crippen LogP) is 3.13. The first-order valence-corrected chi connectivity index (χ1v) is 10.2. The quantitative estimate of drug-likeness (QED) is 0.294. The Morgan fingerprint density at radius 2 is 2.00 bits per heavy atom. The summed E-state index contributed by atoms with van der Waals surface area (Å²) in [6, 6.07) is 6.95. The molecule has 1 heterocycles. The van der Waals surface area contributed by atoms with Crippen molar-refractivity contribution >= 4 is 41.5 Å². The van der Waals surface area contributed by atoms with Crippen molar-refractivity contribution in [2.45, 2.75) is 46.6 Å². The lowest BCUT2D eigenvalue weighted by Gasteiger charge is -2.35. The van der Waals surface area contributed by atoms with Gasteiger partial charge in [0.15, 0.2) is 5.96 Å². The SMILES string of the molecule is CCNC(=O)C(C)(C)CN=C(NCC)NC1CCCN(c2cccc(F)c2)C1.I. The summed E-state index contributed by atoms with van der Waals surface area (Å²) < 4.78 is 13.6. The zero-order valence-electron chi connectivity index (χ0n) is 17.9. The van der Waals surface area contributed by atoms with Crippen LogP contribution in [0.3, 0.4) is 0 Å². The van der Waals surface area contributed by atoms with Gasteiger partial charge in [-0.2, -0.15) is 0 Å². The minimum Gasteiger partial charge on any atom is -0.369 e. The van der Waals surface area contributed by atoms with Crippen LogP contribution in [0.5, 0.6) is 0 Å². The summed E-state index contributed by atoms with van der Waals surface area (Å²) in [6.45, 7) is 11.2. The number of carbonyl (C=O) groups is 1. The molecular formula is C21H35FIN5O. The van der Waals surface area contributed by atoms with Crippen molar-refractivity contribution in [3.63, 3.8) is 0 Å². The van der Waals surface area contributed by atoms with Crippen molar-refractivity contribution in [1.82, 2.24) is 16.0 Å². The minimum absolute atomic E-state index is 0. The molecule has 1 aliphatic heterocycles.